The van der Waals surface area contributed by atoms with E-state index in [4.69, 9.17) is 4.74 Å². The third-order valence-corrected chi connectivity index (χ3v) is 15.8. The number of rotatable bonds is 12. The Morgan fingerprint density at radius 3 is 1.58 bits per heavy atom. The van der Waals surface area contributed by atoms with E-state index in [-0.39, 0.29) is 23.3 Å². The first-order valence-electron chi connectivity index (χ1n) is 18.1. The number of methoxy groups -OCH3 is 1. The first-order valence-corrected chi connectivity index (χ1v) is 20.1. The van der Waals surface area contributed by atoms with Crippen molar-refractivity contribution in [1.82, 2.24) is 10.3 Å². The summed E-state index contributed by atoms with van der Waals surface area (Å²) in [6.07, 6.45) is 0. The number of carbonyl (C=O) groups excluding carboxylic acids is 1. The van der Waals surface area contributed by atoms with Crippen LogP contribution in [0.25, 0.3) is 22.3 Å². The van der Waals surface area contributed by atoms with E-state index in [9.17, 15) is 9.18 Å². The van der Waals surface area contributed by atoms with Crippen molar-refractivity contribution in [3.63, 3.8) is 0 Å². The number of hydrogen-bond donors (Lipinski definition) is 2. The van der Waals surface area contributed by atoms with E-state index in [1.807, 2.05) is 66.7 Å². The van der Waals surface area contributed by atoms with Gasteiger partial charge in [0.15, 0.2) is 0 Å². The molecule has 7 rings (SSSR count). The van der Waals surface area contributed by atoms with Gasteiger partial charge in [-0.05, 0) is 0 Å². The van der Waals surface area contributed by atoms with Crippen molar-refractivity contribution < 1.29 is 13.9 Å². The molecule has 0 spiro atoms. The van der Waals surface area contributed by atoms with Gasteiger partial charge >= 0.3 is 306 Å². The van der Waals surface area contributed by atoms with E-state index in [1.165, 1.54) is 28.0 Å². The molecule has 53 heavy (non-hydrogen) atoms. The Hall–Kier alpha value is -5.77. The zero-order chi connectivity index (χ0) is 36.8. The predicted molar refractivity (Wildman–Crippen MR) is 220 cm³/mol. The Labute approximate surface area is 312 Å². The quantitative estimate of drug-likeness (QED) is 0.124. The van der Waals surface area contributed by atoms with Gasteiger partial charge in [0, 0.05) is 0 Å². The standard InChI is InChI=1S/C47H44FN2O2P/c1-33(2)46(53(39-18-10-5-11-19-39,40-20-12-6-13-21-40)41-22-14-7-15-23-41)44-42(36-26-28-37(48)29-27-36)43(35-16-8-4-9-17-35)45(50-44)47(51)49-32-34-24-30-38(52-3)31-25-34/h4-31,33,46,50,53H,32H2,1-3H3,(H,49,51). The van der Waals surface area contributed by atoms with E-state index in [0.29, 0.717) is 12.2 Å². The van der Waals surface area contributed by atoms with Crippen molar-refractivity contribution in [2.75, 3.05) is 7.11 Å². The van der Waals surface area contributed by atoms with Gasteiger partial charge in [-0.1, -0.05) is 0 Å². The van der Waals surface area contributed by atoms with E-state index in [2.05, 4.69) is 115 Å². The second-order valence-electron chi connectivity index (χ2n) is 13.7. The first kappa shape index (κ1) is 35.6. The molecule has 0 fully saturated rings. The molecule has 0 saturated heterocycles. The van der Waals surface area contributed by atoms with Crippen LogP contribution in [0.3, 0.4) is 0 Å². The minimum absolute atomic E-state index is 0.0969. The number of aromatic amines is 1. The Balaban J connectivity index is 1.54. The zero-order valence-electron chi connectivity index (χ0n) is 30.2. The zero-order valence-corrected chi connectivity index (χ0v) is 31.2. The molecular weight excluding hydrogens is 675 g/mol. The molecule has 266 valence electrons. The number of carbonyl (C=O) groups is 1. The fraction of sp³-hybridized carbons (Fsp3) is 0.128. The normalized spacial score (nSPS) is 12.3. The number of halogens is 1. The van der Waals surface area contributed by atoms with Crippen molar-refractivity contribution in [2.24, 2.45) is 5.92 Å². The Bertz CT molecular complexity index is 2160. The van der Waals surface area contributed by atoms with Crippen LogP contribution >= 0.6 is 7.26 Å². The topological polar surface area (TPSA) is 54.1 Å². The third-order valence-electron chi connectivity index (χ3n) is 10.2. The molecule has 0 saturated carbocycles. The molecule has 1 atom stereocenters. The number of nitrogens with one attached hydrogen (secondary N) is 2. The summed E-state index contributed by atoms with van der Waals surface area (Å²) in [5, 5.41) is 7.00. The molecule has 7 aromatic rings. The van der Waals surface area contributed by atoms with Gasteiger partial charge in [0.1, 0.15) is 0 Å². The number of aromatic nitrogens is 1. The number of hydrogen-bond acceptors (Lipinski definition) is 2. The van der Waals surface area contributed by atoms with E-state index < -0.39 is 7.26 Å². The molecule has 0 aliphatic carbocycles. The van der Waals surface area contributed by atoms with Crippen LogP contribution in [-0.4, -0.2) is 18.0 Å². The van der Waals surface area contributed by atoms with Crippen LogP contribution < -0.4 is 26.0 Å². The molecule has 0 radical (unpaired) electrons. The number of H-pyrrole nitrogens is 1. The SMILES string of the molecule is COc1ccc(CNC(=O)c2[nH]c(C(C(C)C)[PH](c3ccccc3)(c3ccccc3)c3ccccc3)c(-c3ccc(F)cc3)c2-c2ccccc2)cc1. The summed E-state index contributed by atoms with van der Waals surface area (Å²) in [6, 6.07) is 57.0. The Morgan fingerprint density at radius 1 is 0.642 bits per heavy atom. The summed E-state index contributed by atoms with van der Waals surface area (Å²) in [4.78, 5) is 18.4. The molecular formula is C47H44FN2O2P. The summed E-state index contributed by atoms with van der Waals surface area (Å²) >= 11 is 0. The van der Waals surface area contributed by atoms with Crippen LogP contribution in [0.2, 0.25) is 0 Å². The average molecular weight is 719 g/mol. The van der Waals surface area contributed by atoms with Gasteiger partial charge in [-0.2, -0.15) is 0 Å². The van der Waals surface area contributed by atoms with E-state index >= 15 is 0 Å². The minimum atomic E-state index is -3.01. The van der Waals surface area contributed by atoms with Crippen molar-refractivity contribution in [1.29, 1.82) is 0 Å². The second kappa shape index (κ2) is 15.9. The Morgan fingerprint density at radius 2 is 1.11 bits per heavy atom. The van der Waals surface area contributed by atoms with Crippen LogP contribution in [0.5, 0.6) is 5.75 Å². The van der Waals surface area contributed by atoms with Crippen LogP contribution in [0, 0.1) is 11.7 Å². The summed E-state index contributed by atoms with van der Waals surface area (Å²) in [5.41, 5.74) is 5.73. The summed E-state index contributed by atoms with van der Waals surface area (Å²) in [5.74, 6) is 0.334. The number of ether oxygens (including phenoxy) is 1. The monoisotopic (exact) mass is 718 g/mol. The Kier molecular flexibility index (Phi) is 10.7. The van der Waals surface area contributed by atoms with Crippen LogP contribution in [0.1, 0.15) is 41.3 Å². The summed E-state index contributed by atoms with van der Waals surface area (Å²) in [7, 11) is -1.37. The fourth-order valence-electron chi connectivity index (χ4n) is 7.94. The maximum absolute atomic E-state index is 14.6. The molecule has 6 aromatic carbocycles. The van der Waals surface area contributed by atoms with E-state index in [1.54, 1.807) is 7.11 Å². The molecule has 1 heterocycles. The molecule has 6 heteroatoms. The van der Waals surface area contributed by atoms with Crippen molar-refractivity contribution in [3.05, 3.63) is 193 Å². The van der Waals surface area contributed by atoms with Gasteiger partial charge in [0.2, 0.25) is 0 Å². The number of benzene rings is 6. The van der Waals surface area contributed by atoms with Crippen LogP contribution in [0.4, 0.5) is 4.39 Å². The van der Waals surface area contributed by atoms with Gasteiger partial charge in [-0.25, -0.2) is 0 Å². The van der Waals surface area contributed by atoms with Crippen molar-refractivity contribution >= 4 is 29.1 Å². The van der Waals surface area contributed by atoms with Gasteiger partial charge < -0.3 is 0 Å². The third kappa shape index (κ3) is 7.05. The second-order valence-corrected chi connectivity index (χ2v) is 17.7. The summed E-state index contributed by atoms with van der Waals surface area (Å²) in [6.45, 7) is 4.89. The molecule has 0 aliphatic heterocycles. The van der Waals surface area contributed by atoms with Crippen LogP contribution in [0.15, 0.2) is 170 Å². The molecule has 1 aromatic heterocycles. The maximum atomic E-state index is 14.6. The van der Waals surface area contributed by atoms with Crippen molar-refractivity contribution in [3.8, 4) is 28.0 Å². The molecule has 1 unspecified atom stereocenters. The van der Waals surface area contributed by atoms with Gasteiger partial charge in [0.05, 0.1) is 7.11 Å². The van der Waals surface area contributed by atoms with Gasteiger partial charge in [-0.15, -0.1) is 0 Å². The molecule has 1 amide bonds. The molecule has 0 bridgehead atoms. The predicted octanol–water partition coefficient (Wildman–Crippen LogP) is 9.85. The van der Waals surface area contributed by atoms with Gasteiger partial charge in [-0.3, -0.25) is 0 Å². The average Bonchev–Trinajstić information content (AvgIpc) is 3.60. The first-order chi connectivity index (χ1) is 25.9. The fourth-order valence-corrected chi connectivity index (χ4v) is 13.8. The van der Waals surface area contributed by atoms with E-state index in [0.717, 1.165) is 39.3 Å². The molecule has 4 nitrogen and oxygen atoms in total. The van der Waals surface area contributed by atoms with Crippen molar-refractivity contribution in [2.45, 2.75) is 26.1 Å². The molecule has 0 aliphatic rings. The summed E-state index contributed by atoms with van der Waals surface area (Å²) < 4.78 is 20.0. The number of amides is 1. The van der Waals surface area contributed by atoms with Crippen LogP contribution in [-0.2, 0) is 6.54 Å². The molecule has 2 N–H and O–H groups in total. The van der Waals surface area contributed by atoms with Gasteiger partial charge in [0.25, 0.3) is 0 Å².